The Morgan fingerprint density at radius 1 is 0.247 bits per heavy atom. The molecule has 4 heteroatoms. The van der Waals surface area contributed by atoms with Crippen molar-refractivity contribution in [3.8, 4) is 5.69 Å². The van der Waals surface area contributed by atoms with Crippen molar-refractivity contribution in [3.63, 3.8) is 0 Å². The molecule has 0 N–H and O–H groups in total. The second kappa shape index (κ2) is 18.1. The molecule has 0 saturated heterocycles. The van der Waals surface area contributed by atoms with Crippen LogP contribution < -0.4 is 14.7 Å². The monoisotopic (exact) mass is 936 g/mol. The summed E-state index contributed by atoms with van der Waals surface area (Å²) in [5.74, 6) is 0. The lowest BCUT2D eigenvalue weighted by Crippen LogP contribution is -2.11. The minimum atomic E-state index is 1.08. The molecule has 0 unspecified atom stereocenters. The molecule has 0 bridgehead atoms. The van der Waals surface area contributed by atoms with Gasteiger partial charge in [0.1, 0.15) is 0 Å². The highest BCUT2D eigenvalue weighted by Gasteiger charge is 2.23. The van der Waals surface area contributed by atoms with E-state index in [9.17, 15) is 0 Å². The van der Waals surface area contributed by atoms with Gasteiger partial charge in [-0.25, -0.2) is 0 Å². The molecule has 0 fully saturated rings. The van der Waals surface area contributed by atoms with E-state index < -0.39 is 0 Å². The zero-order valence-corrected chi connectivity index (χ0v) is 41.1. The van der Waals surface area contributed by atoms with Gasteiger partial charge in [0.2, 0.25) is 0 Å². The minimum Gasteiger partial charge on any atom is -0.310 e. The van der Waals surface area contributed by atoms with Crippen molar-refractivity contribution in [3.05, 3.63) is 278 Å². The first-order chi connectivity index (χ1) is 35.9. The molecule has 0 atom stereocenters. The van der Waals surface area contributed by atoms with Crippen LogP contribution in [0.25, 0.3) is 59.8 Å². The van der Waals surface area contributed by atoms with E-state index in [1.807, 2.05) is 0 Å². The number of rotatable bonds is 10. The predicted molar refractivity (Wildman–Crippen MR) is 312 cm³/mol. The Bertz CT molecular complexity index is 3970. The second-order valence-corrected chi connectivity index (χ2v) is 19.3. The van der Waals surface area contributed by atoms with Gasteiger partial charge in [0, 0.05) is 66.7 Å². The van der Waals surface area contributed by atoms with Crippen molar-refractivity contribution in [2.24, 2.45) is 0 Å². The van der Waals surface area contributed by atoms with E-state index in [-0.39, 0.29) is 0 Å². The molecule has 0 aliphatic rings. The molecule has 1 heterocycles. The quantitative estimate of drug-likeness (QED) is 0.136. The summed E-state index contributed by atoms with van der Waals surface area (Å²) in [6.45, 7) is 6.45. The Kier molecular flexibility index (Phi) is 10.8. The van der Waals surface area contributed by atoms with Crippen LogP contribution in [0.5, 0.6) is 0 Å². The summed E-state index contributed by atoms with van der Waals surface area (Å²) in [7, 11) is 0. The van der Waals surface area contributed by atoms with Crippen molar-refractivity contribution in [1.29, 1.82) is 0 Å². The largest absolute Gasteiger partial charge is 0.310 e. The highest BCUT2D eigenvalue weighted by Crippen LogP contribution is 2.46. The summed E-state index contributed by atoms with van der Waals surface area (Å²) in [4.78, 5) is 7.23. The van der Waals surface area contributed by atoms with Gasteiger partial charge < -0.3 is 19.3 Å². The molecule has 13 rings (SSSR count). The summed E-state index contributed by atoms with van der Waals surface area (Å²) in [5, 5.41) is 9.53. The van der Waals surface area contributed by atoms with Gasteiger partial charge in [0.15, 0.2) is 0 Å². The Morgan fingerprint density at radius 2 is 0.534 bits per heavy atom. The lowest BCUT2D eigenvalue weighted by atomic mass is 10.0. The normalized spacial score (nSPS) is 11.5. The SMILES string of the molecule is Cc1ccc(N(c2ccc(-n3c4ccc(N(c5ccc(C)cc5)c5cccc6ccccc56)cc4c4cc(N(c5ccc(C)cc5)c5cccc6ccccc56)ccc43)cc2)c2cccc3ccccc23)cc1. The molecule has 0 amide bonds. The maximum atomic E-state index is 2.44. The standard InChI is InChI=1S/C69H52N4/c1-47-25-31-53(32-26-47)70(65-22-10-16-50-13-4-7-19-60(50)65)56-37-39-57(40-38-56)73-68-43-41-58(71(54-33-27-48(2)28-34-54)66-23-11-17-51-14-5-8-20-61(51)66)45-63(68)64-46-59(42-44-69(64)73)72(55-35-29-49(3)30-36-55)67-24-12-18-52-15-6-9-21-62(52)67/h4-46H,1-3H3. The Balaban J connectivity index is 1.04. The number of hydrogen-bond donors (Lipinski definition) is 0. The van der Waals surface area contributed by atoms with Crippen molar-refractivity contribution < 1.29 is 0 Å². The first kappa shape index (κ1) is 43.6. The summed E-state index contributed by atoms with van der Waals surface area (Å²) in [5.41, 5.74) is 17.0. The molecule has 0 spiro atoms. The highest BCUT2D eigenvalue weighted by molar-refractivity contribution is 6.13. The molecule has 4 nitrogen and oxygen atoms in total. The molecule has 0 radical (unpaired) electrons. The first-order valence-electron chi connectivity index (χ1n) is 25.2. The Morgan fingerprint density at radius 3 is 0.890 bits per heavy atom. The summed E-state index contributed by atoms with van der Waals surface area (Å²) in [6, 6.07) is 95.7. The van der Waals surface area contributed by atoms with Crippen LogP contribution in [-0.2, 0) is 0 Å². The van der Waals surface area contributed by atoms with Crippen molar-refractivity contribution in [1.82, 2.24) is 4.57 Å². The lowest BCUT2D eigenvalue weighted by Gasteiger charge is -2.27. The van der Waals surface area contributed by atoms with Gasteiger partial charge in [-0.1, -0.05) is 162 Å². The number of aryl methyl sites for hydroxylation is 3. The molecule has 348 valence electrons. The number of benzene rings is 12. The maximum absolute atomic E-state index is 2.44. The third-order valence-corrected chi connectivity index (χ3v) is 14.5. The first-order valence-corrected chi connectivity index (χ1v) is 25.2. The molecule has 0 saturated carbocycles. The number of aromatic nitrogens is 1. The third-order valence-electron chi connectivity index (χ3n) is 14.5. The average Bonchev–Trinajstić information content (AvgIpc) is 3.76. The molecule has 0 aliphatic carbocycles. The van der Waals surface area contributed by atoms with Gasteiger partial charge in [0.05, 0.1) is 28.1 Å². The third kappa shape index (κ3) is 7.81. The van der Waals surface area contributed by atoms with Crippen LogP contribution in [0.2, 0.25) is 0 Å². The molecular formula is C69H52N4. The lowest BCUT2D eigenvalue weighted by molar-refractivity contribution is 1.17. The van der Waals surface area contributed by atoms with E-state index in [0.717, 1.165) is 78.7 Å². The van der Waals surface area contributed by atoms with Crippen molar-refractivity contribution in [2.45, 2.75) is 20.8 Å². The van der Waals surface area contributed by atoms with Crippen LogP contribution >= 0.6 is 0 Å². The van der Waals surface area contributed by atoms with E-state index in [1.54, 1.807) is 0 Å². The smallest absolute Gasteiger partial charge is 0.0542 e. The van der Waals surface area contributed by atoms with Crippen molar-refractivity contribution >= 4 is 105 Å². The number of nitrogens with zero attached hydrogens (tertiary/aromatic N) is 4. The van der Waals surface area contributed by atoms with Crippen LogP contribution in [-0.4, -0.2) is 4.57 Å². The molecule has 0 aliphatic heterocycles. The predicted octanol–water partition coefficient (Wildman–Crippen LogP) is 19.6. The van der Waals surface area contributed by atoms with Gasteiger partial charge in [-0.2, -0.15) is 0 Å². The number of hydrogen-bond acceptors (Lipinski definition) is 3. The van der Waals surface area contributed by atoms with Crippen LogP contribution in [0.3, 0.4) is 0 Å². The Labute approximate surface area is 426 Å². The van der Waals surface area contributed by atoms with Crippen LogP contribution in [0.15, 0.2) is 261 Å². The zero-order valence-electron chi connectivity index (χ0n) is 41.1. The number of fused-ring (bicyclic) bond motifs is 6. The maximum Gasteiger partial charge on any atom is 0.0542 e. The summed E-state index contributed by atoms with van der Waals surface area (Å²) in [6.07, 6.45) is 0. The zero-order chi connectivity index (χ0) is 49.0. The molecule has 73 heavy (non-hydrogen) atoms. The minimum absolute atomic E-state index is 1.08. The van der Waals surface area contributed by atoms with E-state index in [1.165, 1.54) is 49.0 Å². The van der Waals surface area contributed by atoms with E-state index in [2.05, 4.69) is 301 Å². The number of anilines is 9. The van der Waals surface area contributed by atoms with Gasteiger partial charge >= 0.3 is 0 Å². The fraction of sp³-hybridized carbons (Fsp3) is 0.0435. The summed E-state index contributed by atoms with van der Waals surface area (Å²) < 4.78 is 2.44. The molecular weight excluding hydrogens is 885 g/mol. The highest BCUT2D eigenvalue weighted by atomic mass is 15.2. The average molecular weight is 937 g/mol. The van der Waals surface area contributed by atoms with E-state index in [0.29, 0.717) is 0 Å². The van der Waals surface area contributed by atoms with Gasteiger partial charge in [-0.3, -0.25) is 0 Å². The molecule has 1 aromatic heterocycles. The van der Waals surface area contributed by atoms with Gasteiger partial charge in [-0.05, 0) is 152 Å². The van der Waals surface area contributed by atoms with Crippen LogP contribution in [0, 0.1) is 20.8 Å². The van der Waals surface area contributed by atoms with E-state index >= 15 is 0 Å². The fourth-order valence-corrected chi connectivity index (χ4v) is 10.9. The topological polar surface area (TPSA) is 14.7 Å². The van der Waals surface area contributed by atoms with Gasteiger partial charge in [0.25, 0.3) is 0 Å². The summed E-state index contributed by atoms with van der Waals surface area (Å²) >= 11 is 0. The fourth-order valence-electron chi connectivity index (χ4n) is 10.9. The second-order valence-electron chi connectivity index (χ2n) is 19.3. The molecule has 12 aromatic carbocycles. The Hall–Kier alpha value is -9.38. The van der Waals surface area contributed by atoms with Crippen LogP contribution in [0.1, 0.15) is 16.7 Å². The van der Waals surface area contributed by atoms with Crippen molar-refractivity contribution in [2.75, 3.05) is 14.7 Å². The molecule has 13 aromatic rings. The van der Waals surface area contributed by atoms with Gasteiger partial charge in [-0.15, -0.1) is 0 Å². The van der Waals surface area contributed by atoms with Crippen LogP contribution in [0.4, 0.5) is 51.2 Å². The van der Waals surface area contributed by atoms with E-state index in [4.69, 9.17) is 0 Å².